The molecule has 3 aromatic rings. The van der Waals surface area contributed by atoms with E-state index in [4.69, 9.17) is 15.7 Å². The van der Waals surface area contributed by atoms with E-state index < -0.39 is 0 Å². The summed E-state index contributed by atoms with van der Waals surface area (Å²) in [5, 5.41) is 12.6. The molecular weight excluding hydrogens is 304 g/mol. The van der Waals surface area contributed by atoms with E-state index in [9.17, 15) is 4.79 Å². The van der Waals surface area contributed by atoms with Crippen molar-refractivity contribution >= 4 is 28.2 Å². The molecule has 1 amide bonds. The van der Waals surface area contributed by atoms with Gasteiger partial charge in [-0.1, -0.05) is 24.3 Å². The number of benzene rings is 2. The highest BCUT2D eigenvalue weighted by Crippen LogP contribution is 2.39. The van der Waals surface area contributed by atoms with E-state index in [1.54, 1.807) is 6.07 Å². The summed E-state index contributed by atoms with van der Waals surface area (Å²) in [5.41, 5.74) is 9.89. The molecule has 0 radical (unpaired) electrons. The maximum absolute atomic E-state index is 11.5. The number of nitrogens with one attached hydrogen (secondary N) is 1. The molecule has 1 aliphatic rings. The summed E-state index contributed by atoms with van der Waals surface area (Å²) >= 11 is 0. The number of fused-ring (bicyclic) bond motifs is 2. The van der Waals surface area contributed by atoms with Gasteiger partial charge in [-0.25, -0.2) is 0 Å². The normalized spacial score (nSPS) is 12.9. The smallest absolute Gasteiger partial charge is 0.262 e. The zero-order valence-corrected chi connectivity index (χ0v) is 12.5. The average Bonchev–Trinajstić information content (AvgIpc) is 2.61. The number of hydrogen-bond acceptors (Lipinski definition) is 5. The summed E-state index contributed by atoms with van der Waals surface area (Å²) < 4.78 is 5.59. The summed E-state index contributed by atoms with van der Waals surface area (Å²) in [7, 11) is 0. The van der Waals surface area contributed by atoms with Gasteiger partial charge in [0, 0.05) is 17.1 Å². The highest BCUT2D eigenvalue weighted by atomic mass is 16.5. The summed E-state index contributed by atoms with van der Waals surface area (Å²) in [6, 6.07) is 13.2. The third kappa shape index (κ3) is 2.11. The minimum Gasteiger partial charge on any atom is -0.481 e. The molecule has 2 aromatic carbocycles. The van der Waals surface area contributed by atoms with Crippen LogP contribution in [0.1, 0.15) is 5.56 Å². The molecule has 4 rings (SSSR count). The maximum Gasteiger partial charge on any atom is 0.262 e. The lowest BCUT2D eigenvalue weighted by molar-refractivity contribution is -0.118. The van der Waals surface area contributed by atoms with E-state index in [1.165, 1.54) is 6.20 Å². The number of anilines is 2. The van der Waals surface area contributed by atoms with Crippen LogP contribution in [-0.2, 0) is 4.79 Å². The topological polar surface area (TPSA) is 101 Å². The summed E-state index contributed by atoms with van der Waals surface area (Å²) in [4.78, 5) is 15.8. The number of nitrogens with two attached hydrogens (primary N) is 1. The Morgan fingerprint density at radius 3 is 3.00 bits per heavy atom. The number of para-hydroxylation sites is 1. The van der Waals surface area contributed by atoms with Crippen LogP contribution in [0.25, 0.3) is 22.0 Å². The number of rotatable bonds is 1. The second-order valence-corrected chi connectivity index (χ2v) is 5.45. The van der Waals surface area contributed by atoms with Crippen molar-refractivity contribution < 1.29 is 9.53 Å². The molecule has 0 saturated carbocycles. The Kier molecular flexibility index (Phi) is 3.07. The van der Waals surface area contributed by atoms with Crippen molar-refractivity contribution in [2.24, 2.45) is 0 Å². The van der Waals surface area contributed by atoms with Gasteiger partial charge in [-0.05, 0) is 17.7 Å². The molecule has 0 aliphatic carbocycles. The molecule has 116 valence electrons. The van der Waals surface area contributed by atoms with Crippen LogP contribution in [0.4, 0.5) is 11.4 Å². The maximum atomic E-state index is 11.5. The van der Waals surface area contributed by atoms with Gasteiger partial charge in [-0.2, -0.15) is 5.26 Å². The fourth-order valence-electron chi connectivity index (χ4n) is 2.81. The molecule has 0 saturated heterocycles. The Labute approximate surface area is 137 Å². The first-order valence-corrected chi connectivity index (χ1v) is 7.32. The number of carbonyl (C=O) groups is 1. The fourth-order valence-corrected chi connectivity index (χ4v) is 2.81. The monoisotopic (exact) mass is 316 g/mol. The van der Waals surface area contributed by atoms with Crippen molar-refractivity contribution in [3.05, 3.63) is 48.2 Å². The van der Waals surface area contributed by atoms with Crippen molar-refractivity contribution in [3.8, 4) is 22.9 Å². The molecule has 0 atom stereocenters. The van der Waals surface area contributed by atoms with Crippen LogP contribution in [0.3, 0.4) is 0 Å². The molecule has 6 heteroatoms. The molecule has 1 aromatic heterocycles. The minimum atomic E-state index is -0.170. The Bertz CT molecular complexity index is 1040. The number of nitrogen functional groups attached to an aromatic ring is 1. The van der Waals surface area contributed by atoms with Gasteiger partial charge >= 0.3 is 0 Å². The number of carbonyl (C=O) groups excluding carboxylic acids is 1. The Balaban J connectivity index is 1.88. The molecule has 0 bridgehead atoms. The van der Waals surface area contributed by atoms with Crippen molar-refractivity contribution in [1.29, 1.82) is 5.26 Å². The summed E-state index contributed by atoms with van der Waals surface area (Å²) in [6.45, 7) is -0.00563. The van der Waals surface area contributed by atoms with Crippen LogP contribution in [-0.4, -0.2) is 17.5 Å². The van der Waals surface area contributed by atoms with E-state index in [0.717, 1.165) is 16.5 Å². The zero-order valence-electron chi connectivity index (χ0n) is 12.5. The second-order valence-electron chi connectivity index (χ2n) is 5.45. The summed E-state index contributed by atoms with van der Waals surface area (Å²) in [6.07, 6.45) is 1.47. The van der Waals surface area contributed by atoms with Gasteiger partial charge in [0.25, 0.3) is 5.91 Å². The third-order valence-electron chi connectivity index (χ3n) is 3.98. The van der Waals surface area contributed by atoms with E-state index >= 15 is 0 Å². The van der Waals surface area contributed by atoms with E-state index in [2.05, 4.69) is 10.3 Å². The lowest BCUT2D eigenvalue weighted by atomic mass is 10.00. The SMILES string of the molecule is N#Cc1cnc2cc(-c3cccc4c3OCC(=O)N4)ccc2c1N. The molecule has 6 nitrogen and oxygen atoms in total. The number of hydrogen-bond donors (Lipinski definition) is 2. The molecular formula is C18H12N4O2. The van der Waals surface area contributed by atoms with Gasteiger partial charge in [0.1, 0.15) is 6.07 Å². The van der Waals surface area contributed by atoms with Crippen molar-refractivity contribution in [2.75, 3.05) is 17.7 Å². The molecule has 3 N–H and O–H groups in total. The lowest BCUT2D eigenvalue weighted by Crippen LogP contribution is -2.25. The Morgan fingerprint density at radius 1 is 1.29 bits per heavy atom. The number of aromatic nitrogens is 1. The van der Waals surface area contributed by atoms with Gasteiger partial charge in [-0.3, -0.25) is 9.78 Å². The number of pyridine rings is 1. The fraction of sp³-hybridized carbons (Fsp3) is 0.0556. The zero-order chi connectivity index (χ0) is 16.7. The Hall–Kier alpha value is -3.59. The highest BCUT2D eigenvalue weighted by Gasteiger charge is 2.20. The number of nitriles is 1. The first kappa shape index (κ1) is 14.0. The number of ether oxygens (including phenoxy) is 1. The van der Waals surface area contributed by atoms with Gasteiger partial charge in [0.2, 0.25) is 0 Å². The van der Waals surface area contributed by atoms with Crippen LogP contribution in [0, 0.1) is 11.3 Å². The van der Waals surface area contributed by atoms with Gasteiger partial charge < -0.3 is 15.8 Å². The molecule has 0 spiro atoms. The first-order chi connectivity index (χ1) is 11.7. The molecule has 1 aliphatic heterocycles. The quantitative estimate of drug-likeness (QED) is 0.719. The van der Waals surface area contributed by atoms with Gasteiger partial charge in [0.15, 0.2) is 12.4 Å². The molecule has 0 fully saturated rings. The van der Waals surface area contributed by atoms with Crippen LogP contribution in [0.5, 0.6) is 5.75 Å². The number of nitrogens with zero attached hydrogens (tertiary/aromatic N) is 2. The number of amides is 1. The van der Waals surface area contributed by atoms with Gasteiger partial charge in [-0.15, -0.1) is 0 Å². The second kappa shape index (κ2) is 5.25. The Morgan fingerprint density at radius 2 is 2.17 bits per heavy atom. The summed E-state index contributed by atoms with van der Waals surface area (Å²) in [5.74, 6) is 0.467. The van der Waals surface area contributed by atoms with Crippen LogP contribution >= 0.6 is 0 Å². The predicted octanol–water partition coefficient (Wildman–Crippen LogP) is 2.69. The van der Waals surface area contributed by atoms with E-state index in [0.29, 0.717) is 28.2 Å². The van der Waals surface area contributed by atoms with E-state index in [-0.39, 0.29) is 12.5 Å². The standard InChI is InChI=1S/C18H12N4O2/c19-7-11-8-21-15-6-10(4-5-13(15)17(11)20)12-2-1-3-14-18(12)24-9-16(23)22-14/h1-6,8H,9H2,(H2,20,21)(H,22,23). The van der Waals surface area contributed by atoms with Crippen molar-refractivity contribution in [2.45, 2.75) is 0 Å². The van der Waals surface area contributed by atoms with E-state index in [1.807, 2.05) is 36.4 Å². The molecule has 24 heavy (non-hydrogen) atoms. The first-order valence-electron chi connectivity index (χ1n) is 7.32. The lowest BCUT2D eigenvalue weighted by Gasteiger charge is -2.21. The minimum absolute atomic E-state index is 0.00563. The largest absolute Gasteiger partial charge is 0.481 e. The molecule has 2 heterocycles. The van der Waals surface area contributed by atoms with Crippen molar-refractivity contribution in [1.82, 2.24) is 4.98 Å². The van der Waals surface area contributed by atoms with Crippen molar-refractivity contribution in [3.63, 3.8) is 0 Å². The third-order valence-corrected chi connectivity index (χ3v) is 3.98. The van der Waals surface area contributed by atoms with Gasteiger partial charge in [0.05, 0.1) is 22.5 Å². The van der Waals surface area contributed by atoms with Crippen LogP contribution < -0.4 is 15.8 Å². The average molecular weight is 316 g/mol. The molecule has 0 unspecified atom stereocenters. The predicted molar refractivity (Wildman–Crippen MR) is 90.4 cm³/mol. The van der Waals surface area contributed by atoms with Crippen LogP contribution in [0.15, 0.2) is 42.6 Å². The highest BCUT2D eigenvalue weighted by molar-refractivity contribution is 5.99. The van der Waals surface area contributed by atoms with Crippen LogP contribution in [0.2, 0.25) is 0 Å².